The third kappa shape index (κ3) is 5.54. The van der Waals surface area contributed by atoms with Crippen LogP contribution in [0.3, 0.4) is 0 Å². The molecule has 0 spiro atoms. The Morgan fingerprint density at radius 2 is 1.90 bits per heavy atom. The summed E-state index contributed by atoms with van der Waals surface area (Å²) in [7, 11) is -1.56. The molecular formula is C20H19ClFN3O4S. The summed E-state index contributed by atoms with van der Waals surface area (Å²) in [6.45, 7) is 2.00. The SMILES string of the molecule is CC(O)C1(O)CCN(S(=O)c2ccc(Cl)cc2C#N)C1.N#Cc1ccc(O)cc1F. The maximum Gasteiger partial charge on any atom is 0.144 e. The van der Waals surface area contributed by atoms with Crippen molar-refractivity contribution in [2.45, 2.75) is 29.9 Å². The second-order valence-corrected chi connectivity index (χ2v) is 8.56. The number of nitriles is 2. The molecule has 0 radical (unpaired) electrons. The molecule has 3 rings (SSSR count). The lowest BCUT2D eigenvalue weighted by Crippen LogP contribution is -2.43. The van der Waals surface area contributed by atoms with Crippen molar-refractivity contribution in [2.75, 3.05) is 13.1 Å². The summed E-state index contributed by atoms with van der Waals surface area (Å²) >= 11 is 5.81. The summed E-state index contributed by atoms with van der Waals surface area (Å²) in [6, 6.07) is 11.6. The Labute approximate surface area is 180 Å². The fourth-order valence-corrected chi connectivity index (χ4v) is 4.27. The number of aliphatic hydroxyl groups is 2. The minimum atomic E-state index is -1.56. The molecular weight excluding hydrogens is 433 g/mol. The van der Waals surface area contributed by atoms with E-state index in [2.05, 4.69) is 0 Å². The second-order valence-electron chi connectivity index (χ2n) is 6.67. The third-order valence-electron chi connectivity index (χ3n) is 4.58. The quantitative estimate of drug-likeness (QED) is 0.657. The zero-order chi connectivity index (χ0) is 22.5. The first kappa shape index (κ1) is 23.7. The van der Waals surface area contributed by atoms with Crippen molar-refractivity contribution in [3.63, 3.8) is 0 Å². The van der Waals surface area contributed by atoms with Crippen LogP contribution in [-0.4, -0.2) is 48.6 Å². The predicted molar refractivity (Wildman–Crippen MR) is 108 cm³/mol. The van der Waals surface area contributed by atoms with Crippen molar-refractivity contribution in [1.82, 2.24) is 4.31 Å². The number of rotatable bonds is 3. The Morgan fingerprint density at radius 3 is 2.43 bits per heavy atom. The standard InChI is InChI=1S/C13H15ClN2O3S.C7H4FNO/c1-9(17)13(18)4-5-16(8-13)20(19)12-3-2-11(14)6-10(12)7-15;8-7-3-6(10)2-1-5(7)4-9/h2-3,6,9,17-18H,4-5,8H2,1H3;1-3,10H. The number of aromatic hydroxyl groups is 1. The molecule has 0 amide bonds. The van der Waals surface area contributed by atoms with E-state index >= 15 is 0 Å². The molecule has 1 heterocycles. The fraction of sp³-hybridized carbons (Fsp3) is 0.300. The molecule has 3 N–H and O–H groups in total. The van der Waals surface area contributed by atoms with E-state index in [1.807, 2.05) is 6.07 Å². The number of phenols is 1. The highest BCUT2D eigenvalue weighted by Crippen LogP contribution is 2.29. The van der Waals surface area contributed by atoms with E-state index in [0.717, 1.165) is 6.07 Å². The monoisotopic (exact) mass is 451 g/mol. The molecule has 2 aromatic rings. The van der Waals surface area contributed by atoms with Crippen LogP contribution in [0.1, 0.15) is 24.5 Å². The molecule has 158 valence electrons. The van der Waals surface area contributed by atoms with Gasteiger partial charge in [-0.2, -0.15) is 10.5 Å². The summed E-state index contributed by atoms with van der Waals surface area (Å²) in [4.78, 5) is 0.367. The highest BCUT2D eigenvalue weighted by molar-refractivity contribution is 7.82. The van der Waals surface area contributed by atoms with E-state index in [1.54, 1.807) is 22.5 Å². The van der Waals surface area contributed by atoms with Crippen LogP contribution in [0.5, 0.6) is 5.75 Å². The highest BCUT2D eigenvalue weighted by Gasteiger charge is 2.42. The van der Waals surface area contributed by atoms with Crippen LogP contribution in [0, 0.1) is 28.5 Å². The van der Waals surface area contributed by atoms with E-state index in [1.165, 1.54) is 25.1 Å². The Bertz CT molecular complexity index is 1040. The average molecular weight is 452 g/mol. The van der Waals surface area contributed by atoms with E-state index in [-0.39, 0.29) is 23.4 Å². The average Bonchev–Trinajstić information content (AvgIpc) is 3.12. The lowest BCUT2D eigenvalue weighted by Gasteiger charge is -2.25. The normalized spacial score (nSPS) is 20.4. The number of phenolic OH excluding ortho intramolecular Hbond substituents is 1. The molecule has 0 aliphatic carbocycles. The van der Waals surface area contributed by atoms with Gasteiger partial charge in [0, 0.05) is 24.2 Å². The predicted octanol–water partition coefficient (Wildman–Crippen LogP) is 2.45. The molecule has 0 aromatic heterocycles. The first-order valence-corrected chi connectivity index (χ1v) is 10.3. The van der Waals surface area contributed by atoms with Gasteiger partial charge in [0.25, 0.3) is 0 Å². The van der Waals surface area contributed by atoms with E-state index in [4.69, 9.17) is 27.2 Å². The van der Waals surface area contributed by atoms with Crippen molar-refractivity contribution in [2.24, 2.45) is 0 Å². The summed E-state index contributed by atoms with van der Waals surface area (Å²) in [5, 5.41) is 46.2. The number of hydrogen-bond donors (Lipinski definition) is 3. The molecule has 0 saturated carbocycles. The topological polar surface area (TPSA) is 129 Å². The first-order valence-electron chi connectivity index (χ1n) is 8.77. The fourth-order valence-electron chi connectivity index (χ4n) is 2.74. The van der Waals surface area contributed by atoms with Gasteiger partial charge in [0.2, 0.25) is 0 Å². The highest BCUT2D eigenvalue weighted by atomic mass is 35.5. The number of benzene rings is 2. The lowest BCUT2D eigenvalue weighted by atomic mass is 9.97. The van der Waals surface area contributed by atoms with Crippen molar-refractivity contribution in [3.8, 4) is 17.9 Å². The number of nitrogens with zero attached hydrogens (tertiary/aromatic N) is 3. The van der Waals surface area contributed by atoms with Gasteiger partial charge in [0.1, 0.15) is 40.3 Å². The minimum Gasteiger partial charge on any atom is -0.508 e. The van der Waals surface area contributed by atoms with Crippen molar-refractivity contribution >= 4 is 22.6 Å². The van der Waals surface area contributed by atoms with Crippen LogP contribution in [0.2, 0.25) is 5.02 Å². The summed E-state index contributed by atoms with van der Waals surface area (Å²) in [5.41, 5.74) is -1.06. The number of aliphatic hydroxyl groups excluding tert-OH is 1. The maximum atomic E-state index is 12.5. The molecule has 3 atom stereocenters. The largest absolute Gasteiger partial charge is 0.508 e. The molecule has 3 unspecified atom stereocenters. The molecule has 1 aliphatic rings. The van der Waals surface area contributed by atoms with E-state index < -0.39 is 28.5 Å². The van der Waals surface area contributed by atoms with Gasteiger partial charge in [0.15, 0.2) is 0 Å². The lowest BCUT2D eigenvalue weighted by molar-refractivity contribution is -0.0534. The Kier molecular flexibility index (Phi) is 7.90. The van der Waals surface area contributed by atoms with Crippen molar-refractivity contribution < 1.29 is 23.9 Å². The van der Waals surface area contributed by atoms with Gasteiger partial charge in [-0.25, -0.2) is 12.9 Å². The van der Waals surface area contributed by atoms with Gasteiger partial charge in [-0.1, -0.05) is 11.6 Å². The Hall–Kier alpha value is -2.53. The van der Waals surface area contributed by atoms with Crippen molar-refractivity contribution in [1.29, 1.82) is 10.5 Å². The third-order valence-corrected chi connectivity index (χ3v) is 6.33. The smallest absolute Gasteiger partial charge is 0.144 e. The number of hydrogen-bond acceptors (Lipinski definition) is 6. The maximum absolute atomic E-state index is 12.5. The van der Waals surface area contributed by atoms with E-state index in [0.29, 0.717) is 22.9 Å². The Morgan fingerprint density at radius 1 is 1.23 bits per heavy atom. The zero-order valence-electron chi connectivity index (χ0n) is 15.9. The zero-order valence-corrected chi connectivity index (χ0v) is 17.5. The molecule has 10 heteroatoms. The van der Waals surface area contributed by atoms with Gasteiger partial charge in [-0.3, -0.25) is 0 Å². The van der Waals surface area contributed by atoms with Gasteiger partial charge >= 0.3 is 0 Å². The van der Waals surface area contributed by atoms with Crippen LogP contribution in [0.25, 0.3) is 0 Å². The van der Waals surface area contributed by atoms with Crippen LogP contribution >= 0.6 is 11.6 Å². The second kappa shape index (κ2) is 9.98. The number of β-amino-alcohol motifs (C(OH)–C–C–N with tert-alkyl or cyclic N) is 1. The van der Waals surface area contributed by atoms with E-state index in [9.17, 15) is 18.8 Å². The molecule has 0 bridgehead atoms. The minimum absolute atomic E-state index is 0.0576. The molecule has 1 saturated heterocycles. The van der Waals surface area contributed by atoms with Crippen LogP contribution in [0.15, 0.2) is 41.3 Å². The molecule has 1 aliphatic heterocycles. The molecule has 7 nitrogen and oxygen atoms in total. The molecule has 2 aromatic carbocycles. The summed E-state index contributed by atoms with van der Waals surface area (Å²) < 4.78 is 26.5. The van der Waals surface area contributed by atoms with Crippen molar-refractivity contribution in [3.05, 3.63) is 58.4 Å². The van der Waals surface area contributed by atoms with Crippen LogP contribution in [-0.2, 0) is 11.0 Å². The summed E-state index contributed by atoms with van der Waals surface area (Å²) in [5.74, 6) is -0.862. The Balaban J connectivity index is 0.000000269. The summed E-state index contributed by atoms with van der Waals surface area (Å²) in [6.07, 6.45) is -0.559. The van der Waals surface area contributed by atoms with Crippen LogP contribution in [0.4, 0.5) is 4.39 Å². The van der Waals surface area contributed by atoms with Crippen LogP contribution < -0.4 is 0 Å². The van der Waals surface area contributed by atoms with Gasteiger partial charge < -0.3 is 15.3 Å². The molecule has 1 fully saturated rings. The number of halogens is 2. The van der Waals surface area contributed by atoms with Gasteiger partial charge in [0.05, 0.1) is 22.1 Å². The van der Waals surface area contributed by atoms with Gasteiger partial charge in [-0.15, -0.1) is 0 Å². The first-order chi connectivity index (χ1) is 14.1. The molecule has 30 heavy (non-hydrogen) atoms. The van der Waals surface area contributed by atoms with Gasteiger partial charge in [-0.05, 0) is 43.7 Å².